The van der Waals surface area contributed by atoms with Gasteiger partial charge in [-0.25, -0.2) is 9.18 Å². The first kappa shape index (κ1) is 17.7. The smallest absolute Gasteiger partial charge is 0.325 e. The molecule has 1 fully saturated rings. The van der Waals surface area contributed by atoms with Crippen LogP contribution in [0, 0.1) is 5.82 Å². The van der Waals surface area contributed by atoms with Crippen LogP contribution in [0.25, 0.3) is 0 Å². The van der Waals surface area contributed by atoms with E-state index in [1.54, 1.807) is 31.3 Å². The summed E-state index contributed by atoms with van der Waals surface area (Å²) in [6, 6.07) is 8.30. The third kappa shape index (κ3) is 3.17. The number of halogens is 1. The average Bonchev–Trinajstić information content (AvgIpc) is 3.21. The van der Waals surface area contributed by atoms with Gasteiger partial charge >= 0.3 is 6.03 Å². The first-order valence-corrected chi connectivity index (χ1v) is 7.98. The van der Waals surface area contributed by atoms with E-state index in [9.17, 15) is 18.8 Å². The second-order valence-electron chi connectivity index (χ2n) is 6.30. The number of carbonyl (C=O) groups is 3. The summed E-state index contributed by atoms with van der Waals surface area (Å²) in [5.74, 6) is -1.03. The van der Waals surface area contributed by atoms with Crippen LogP contribution in [0.3, 0.4) is 0 Å². The molecule has 0 spiro atoms. The molecule has 2 heterocycles. The SMILES string of the molecule is CN(Cc1ccc(F)cc1)C(=O)CN1C(=O)NC(C)(c2ccco2)C1=O. The molecule has 2 aromatic rings. The van der Waals surface area contributed by atoms with Crippen molar-refractivity contribution in [2.24, 2.45) is 0 Å². The molecule has 7 nitrogen and oxygen atoms in total. The Labute approximate surface area is 149 Å². The van der Waals surface area contributed by atoms with Gasteiger partial charge < -0.3 is 14.6 Å². The quantitative estimate of drug-likeness (QED) is 0.826. The van der Waals surface area contributed by atoms with E-state index in [4.69, 9.17) is 4.42 Å². The molecule has 1 aliphatic heterocycles. The number of benzene rings is 1. The number of likely N-dealkylation sites (N-methyl/N-ethyl adjacent to an activating group) is 1. The predicted octanol–water partition coefficient (Wildman–Crippen LogP) is 1.84. The monoisotopic (exact) mass is 359 g/mol. The number of carbonyl (C=O) groups excluding carboxylic acids is 3. The van der Waals surface area contributed by atoms with Crippen LogP contribution in [0.2, 0.25) is 0 Å². The van der Waals surface area contributed by atoms with Crippen molar-refractivity contribution in [1.82, 2.24) is 15.1 Å². The van der Waals surface area contributed by atoms with E-state index >= 15 is 0 Å². The first-order chi connectivity index (χ1) is 12.3. The zero-order valence-electron chi connectivity index (χ0n) is 14.4. The van der Waals surface area contributed by atoms with Crippen LogP contribution in [0.5, 0.6) is 0 Å². The fourth-order valence-corrected chi connectivity index (χ4v) is 2.78. The van der Waals surface area contributed by atoms with Gasteiger partial charge in [0.1, 0.15) is 18.1 Å². The third-order valence-corrected chi connectivity index (χ3v) is 4.34. The van der Waals surface area contributed by atoms with Gasteiger partial charge in [0, 0.05) is 13.6 Å². The molecule has 3 rings (SSSR count). The summed E-state index contributed by atoms with van der Waals surface area (Å²) < 4.78 is 18.2. The minimum Gasteiger partial charge on any atom is -0.466 e. The van der Waals surface area contributed by atoms with Gasteiger partial charge in [-0.1, -0.05) is 12.1 Å². The van der Waals surface area contributed by atoms with Crippen molar-refractivity contribution < 1.29 is 23.2 Å². The Balaban J connectivity index is 1.68. The molecule has 1 N–H and O–H groups in total. The molecule has 0 saturated carbocycles. The van der Waals surface area contributed by atoms with Crippen LogP contribution >= 0.6 is 0 Å². The molecule has 1 unspecified atom stereocenters. The van der Waals surface area contributed by atoms with Crippen LogP contribution in [0.15, 0.2) is 47.1 Å². The second-order valence-corrected chi connectivity index (χ2v) is 6.30. The van der Waals surface area contributed by atoms with Crippen LogP contribution in [-0.4, -0.2) is 41.2 Å². The molecule has 1 aromatic carbocycles. The van der Waals surface area contributed by atoms with Gasteiger partial charge in [-0.3, -0.25) is 14.5 Å². The summed E-state index contributed by atoms with van der Waals surface area (Å²) in [4.78, 5) is 39.5. The lowest BCUT2D eigenvalue weighted by atomic mass is 9.99. The van der Waals surface area contributed by atoms with Crippen molar-refractivity contribution in [2.45, 2.75) is 19.0 Å². The van der Waals surface area contributed by atoms with Crippen molar-refractivity contribution in [2.75, 3.05) is 13.6 Å². The van der Waals surface area contributed by atoms with Crippen molar-refractivity contribution in [3.8, 4) is 0 Å². The van der Waals surface area contributed by atoms with Gasteiger partial charge in [0.25, 0.3) is 5.91 Å². The Hall–Kier alpha value is -3.16. The number of urea groups is 1. The summed E-state index contributed by atoms with van der Waals surface area (Å²) in [5, 5.41) is 2.56. The average molecular weight is 359 g/mol. The summed E-state index contributed by atoms with van der Waals surface area (Å²) in [6.45, 7) is 1.37. The molecular formula is C18H18FN3O4. The summed E-state index contributed by atoms with van der Waals surface area (Å²) in [5.41, 5.74) is -0.601. The molecule has 0 bridgehead atoms. The third-order valence-electron chi connectivity index (χ3n) is 4.34. The predicted molar refractivity (Wildman–Crippen MR) is 89.2 cm³/mol. The first-order valence-electron chi connectivity index (χ1n) is 7.98. The maximum absolute atomic E-state index is 13.0. The zero-order valence-corrected chi connectivity index (χ0v) is 14.4. The number of furan rings is 1. The van der Waals surface area contributed by atoms with Gasteiger partial charge in [-0.2, -0.15) is 0 Å². The number of nitrogens with one attached hydrogen (secondary N) is 1. The van der Waals surface area contributed by atoms with Gasteiger partial charge in [-0.15, -0.1) is 0 Å². The molecule has 1 atom stereocenters. The maximum Gasteiger partial charge on any atom is 0.325 e. The van der Waals surface area contributed by atoms with E-state index in [-0.39, 0.29) is 12.4 Å². The Bertz CT molecular complexity index is 835. The molecule has 4 amide bonds. The number of imide groups is 1. The van der Waals surface area contributed by atoms with Crippen LogP contribution < -0.4 is 5.32 Å². The van der Waals surface area contributed by atoms with E-state index < -0.39 is 29.9 Å². The highest BCUT2D eigenvalue weighted by molar-refractivity contribution is 6.08. The highest BCUT2D eigenvalue weighted by Gasteiger charge is 2.51. The van der Waals surface area contributed by atoms with Gasteiger partial charge in [0.05, 0.1) is 6.26 Å². The van der Waals surface area contributed by atoms with Crippen molar-refractivity contribution in [3.05, 3.63) is 59.8 Å². The normalized spacial score (nSPS) is 19.6. The molecule has 1 saturated heterocycles. The lowest BCUT2D eigenvalue weighted by molar-refractivity contribution is -0.138. The largest absolute Gasteiger partial charge is 0.466 e. The highest BCUT2D eigenvalue weighted by atomic mass is 19.1. The maximum atomic E-state index is 13.0. The topological polar surface area (TPSA) is 82.9 Å². The summed E-state index contributed by atoms with van der Waals surface area (Å²) >= 11 is 0. The van der Waals surface area contributed by atoms with E-state index in [0.717, 1.165) is 10.5 Å². The van der Waals surface area contributed by atoms with Crippen molar-refractivity contribution in [3.63, 3.8) is 0 Å². The van der Waals surface area contributed by atoms with Gasteiger partial charge in [-0.05, 0) is 36.8 Å². The molecule has 1 aliphatic rings. The van der Waals surface area contributed by atoms with Crippen molar-refractivity contribution in [1.29, 1.82) is 0 Å². The number of hydrogen-bond donors (Lipinski definition) is 1. The number of rotatable bonds is 5. The van der Waals surface area contributed by atoms with Crippen LogP contribution in [-0.2, 0) is 21.7 Å². The van der Waals surface area contributed by atoms with Crippen LogP contribution in [0.1, 0.15) is 18.2 Å². The molecule has 26 heavy (non-hydrogen) atoms. The Morgan fingerprint density at radius 1 is 1.27 bits per heavy atom. The Morgan fingerprint density at radius 3 is 2.58 bits per heavy atom. The zero-order chi connectivity index (χ0) is 18.9. The molecule has 136 valence electrons. The van der Waals surface area contributed by atoms with E-state index in [2.05, 4.69) is 5.32 Å². The fourth-order valence-electron chi connectivity index (χ4n) is 2.78. The Kier molecular flexibility index (Phi) is 4.50. The lowest BCUT2D eigenvalue weighted by Gasteiger charge is -2.21. The van der Waals surface area contributed by atoms with Gasteiger partial charge in [0.15, 0.2) is 5.54 Å². The van der Waals surface area contributed by atoms with Crippen molar-refractivity contribution >= 4 is 17.8 Å². The van der Waals surface area contributed by atoms with Gasteiger partial charge in [0.2, 0.25) is 5.91 Å². The number of hydrogen-bond acceptors (Lipinski definition) is 4. The molecular weight excluding hydrogens is 341 g/mol. The standard InChI is InChI=1S/C18H18FN3O4/c1-18(14-4-3-9-26-14)16(24)22(17(25)20-18)11-15(23)21(2)10-12-5-7-13(19)8-6-12/h3-9H,10-11H2,1-2H3,(H,20,25). The summed E-state index contributed by atoms with van der Waals surface area (Å²) in [6.07, 6.45) is 1.41. The molecule has 0 radical (unpaired) electrons. The molecule has 0 aliphatic carbocycles. The number of amides is 4. The van der Waals surface area contributed by atoms with E-state index in [1.165, 1.54) is 30.2 Å². The lowest BCUT2D eigenvalue weighted by Crippen LogP contribution is -2.43. The minimum absolute atomic E-state index is 0.234. The molecule has 8 heteroatoms. The minimum atomic E-state index is -1.34. The second kappa shape index (κ2) is 6.62. The summed E-state index contributed by atoms with van der Waals surface area (Å²) in [7, 11) is 1.55. The molecule has 1 aromatic heterocycles. The Morgan fingerprint density at radius 2 is 1.96 bits per heavy atom. The fraction of sp³-hybridized carbons (Fsp3) is 0.278. The van der Waals surface area contributed by atoms with Crippen LogP contribution in [0.4, 0.5) is 9.18 Å². The number of nitrogens with zero attached hydrogens (tertiary/aromatic N) is 2. The highest BCUT2D eigenvalue weighted by Crippen LogP contribution is 2.29. The van der Waals surface area contributed by atoms with E-state index in [1.807, 2.05) is 0 Å². The van der Waals surface area contributed by atoms with E-state index in [0.29, 0.717) is 5.76 Å².